The monoisotopic (exact) mass is 356 g/mol. The largest absolute Gasteiger partial charge is 0.354 e. The Morgan fingerprint density at radius 2 is 1.71 bits per heavy atom. The molecular formula is C18H32N2O3S. The first-order valence-electron chi connectivity index (χ1n) is 9.71. The number of amides is 1. The van der Waals surface area contributed by atoms with Crippen molar-refractivity contribution < 1.29 is 13.2 Å². The highest BCUT2D eigenvalue weighted by molar-refractivity contribution is 7.91. The molecule has 6 heteroatoms. The van der Waals surface area contributed by atoms with Gasteiger partial charge in [-0.3, -0.25) is 9.69 Å². The summed E-state index contributed by atoms with van der Waals surface area (Å²) in [6, 6.07) is 0. The van der Waals surface area contributed by atoms with Crippen LogP contribution in [0.3, 0.4) is 0 Å². The SMILES string of the molecule is O=C(CC1CCS(=O)(=O)C1)NCC1(N2CCCCC2)CCCCC1. The Hall–Kier alpha value is -0.620. The lowest BCUT2D eigenvalue weighted by Gasteiger charge is -2.48. The van der Waals surface area contributed by atoms with Gasteiger partial charge in [-0.2, -0.15) is 0 Å². The maximum absolute atomic E-state index is 12.4. The van der Waals surface area contributed by atoms with E-state index in [4.69, 9.17) is 0 Å². The maximum atomic E-state index is 12.4. The number of rotatable bonds is 5. The van der Waals surface area contributed by atoms with Crippen molar-refractivity contribution in [3.8, 4) is 0 Å². The third-order valence-electron chi connectivity index (χ3n) is 6.23. The Balaban J connectivity index is 1.54. The number of hydrogen-bond acceptors (Lipinski definition) is 4. The van der Waals surface area contributed by atoms with Gasteiger partial charge in [-0.25, -0.2) is 8.42 Å². The minimum atomic E-state index is -2.89. The van der Waals surface area contributed by atoms with E-state index in [-0.39, 0.29) is 28.9 Å². The van der Waals surface area contributed by atoms with Crippen molar-refractivity contribution in [1.82, 2.24) is 10.2 Å². The third kappa shape index (κ3) is 4.51. The number of carbonyl (C=O) groups excluding carboxylic acids is 1. The van der Waals surface area contributed by atoms with Crippen molar-refractivity contribution in [2.24, 2.45) is 5.92 Å². The first-order chi connectivity index (χ1) is 11.5. The fourth-order valence-corrected chi connectivity index (χ4v) is 6.68. The number of piperidine rings is 1. The van der Waals surface area contributed by atoms with E-state index in [0.29, 0.717) is 12.8 Å². The predicted molar refractivity (Wildman–Crippen MR) is 95.6 cm³/mol. The molecule has 24 heavy (non-hydrogen) atoms. The van der Waals surface area contributed by atoms with Crippen LogP contribution in [0.4, 0.5) is 0 Å². The van der Waals surface area contributed by atoms with E-state index >= 15 is 0 Å². The van der Waals surface area contributed by atoms with Crippen molar-refractivity contribution in [2.75, 3.05) is 31.1 Å². The van der Waals surface area contributed by atoms with Crippen molar-refractivity contribution in [2.45, 2.75) is 69.7 Å². The predicted octanol–water partition coefficient (Wildman–Crippen LogP) is 2.12. The van der Waals surface area contributed by atoms with Gasteiger partial charge in [0.2, 0.25) is 5.91 Å². The molecule has 1 atom stereocenters. The molecule has 1 unspecified atom stereocenters. The second-order valence-corrected chi connectivity index (χ2v) is 10.3. The quantitative estimate of drug-likeness (QED) is 0.819. The zero-order chi connectivity index (χ0) is 17.0. The average Bonchev–Trinajstić information content (AvgIpc) is 2.93. The van der Waals surface area contributed by atoms with Gasteiger partial charge < -0.3 is 5.32 Å². The molecule has 0 radical (unpaired) electrons. The van der Waals surface area contributed by atoms with E-state index in [0.717, 1.165) is 19.6 Å². The molecule has 0 aromatic heterocycles. The zero-order valence-corrected chi connectivity index (χ0v) is 15.6. The summed E-state index contributed by atoms with van der Waals surface area (Å²) in [6.07, 6.45) is 11.1. The molecule has 2 aliphatic heterocycles. The molecule has 2 heterocycles. The lowest BCUT2D eigenvalue weighted by molar-refractivity contribution is -0.122. The van der Waals surface area contributed by atoms with Gasteiger partial charge in [0.15, 0.2) is 9.84 Å². The number of carbonyl (C=O) groups is 1. The summed E-state index contributed by atoms with van der Waals surface area (Å²) in [7, 11) is -2.89. The molecule has 1 aliphatic carbocycles. The van der Waals surface area contributed by atoms with Crippen LogP contribution < -0.4 is 5.32 Å². The highest BCUT2D eigenvalue weighted by Crippen LogP contribution is 2.35. The number of nitrogens with one attached hydrogen (secondary N) is 1. The fourth-order valence-electron chi connectivity index (χ4n) is 4.81. The Labute approximate surface area is 146 Å². The maximum Gasteiger partial charge on any atom is 0.220 e. The molecule has 1 N–H and O–H groups in total. The summed E-state index contributed by atoms with van der Waals surface area (Å²) in [5.41, 5.74) is 0.149. The summed E-state index contributed by atoms with van der Waals surface area (Å²) in [6.45, 7) is 3.07. The van der Waals surface area contributed by atoms with Crippen LogP contribution in [-0.4, -0.2) is 55.9 Å². The summed E-state index contributed by atoms with van der Waals surface area (Å²) in [5.74, 6) is 0.506. The van der Waals surface area contributed by atoms with E-state index in [2.05, 4.69) is 10.2 Å². The Bertz CT molecular complexity index is 534. The second-order valence-electron chi connectivity index (χ2n) is 8.08. The molecule has 3 rings (SSSR count). The van der Waals surface area contributed by atoms with Gasteiger partial charge in [0.1, 0.15) is 0 Å². The van der Waals surface area contributed by atoms with Crippen molar-refractivity contribution >= 4 is 15.7 Å². The van der Waals surface area contributed by atoms with E-state index in [1.165, 1.54) is 51.4 Å². The van der Waals surface area contributed by atoms with Crippen LogP contribution in [0.1, 0.15) is 64.2 Å². The standard InChI is InChI=1S/C18H32N2O3S/c21-17(13-16-7-12-24(22,23)14-16)19-15-18(8-3-1-4-9-18)20-10-5-2-6-11-20/h16H,1-15H2,(H,19,21). The smallest absolute Gasteiger partial charge is 0.220 e. The average molecular weight is 357 g/mol. The Morgan fingerprint density at radius 3 is 2.33 bits per heavy atom. The molecule has 0 spiro atoms. The second kappa shape index (κ2) is 7.73. The molecular weight excluding hydrogens is 324 g/mol. The summed E-state index contributed by atoms with van der Waals surface area (Å²) in [4.78, 5) is 15.0. The lowest BCUT2D eigenvalue weighted by atomic mass is 9.79. The molecule has 0 bridgehead atoms. The lowest BCUT2D eigenvalue weighted by Crippen LogP contribution is -2.58. The van der Waals surface area contributed by atoms with Crippen LogP contribution in [0, 0.1) is 5.92 Å². The normalized spacial score (nSPS) is 30.1. The minimum absolute atomic E-state index is 0.0206. The number of nitrogens with zero attached hydrogens (tertiary/aromatic N) is 1. The third-order valence-corrected chi connectivity index (χ3v) is 8.06. The van der Waals surface area contributed by atoms with Gasteiger partial charge in [-0.1, -0.05) is 25.7 Å². The van der Waals surface area contributed by atoms with Gasteiger partial charge >= 0.3 is 0 Å². The van der Waals surface area contributed by atoms with E-state index in [1.54, 1.807) is 0 Å². The molecule has 0 aromatic carbocycles. The van der Waals surface area contributed by atoms with Crippen LogP contribution in [0.5, 0.6) is 0 Å². The molecule has 5 nitrogen and oxygen atoms in total. The van der Waals surface area contributed by atoms with Crippen molar-refractivity contribution in [3.63, 3.8) is 0 Å². The Kier molecular flexibility index (Phi) is 5.85. The van der Waals surface area contributed by atoms with Crippen LogP contribution in [0.15, 0.2) is 0 Å². The van der Waals surface area contributed by atoms with Gasteiger partial charge in [0, 0.05) is 18.5 Å². The van der Waals surface area contributed by atoms with Gasteiger partial charge in [-0.15, -0.1) is 0 Å². The zero-order valence-electron chi connectivity index (χ0n) is 14.8. The topological polar surface area (TPSA) is 66.5 Å². The first kappa shape index (κ1) is 18.2. The summed E-state index contributed by atoms with van der Waals surface area (Å²) < 4.78 is 23.1. The van der Waals surface area contributed by atoms with E-state index < -0.39 is 9.84 Å². The van der Waals surface area contributed by atoms with Gasteiger partial charge in [0.05, 0.1) is 11.5 Å². The fraction of sp³-hybridized carbons (Fsp3) is 0.944. The summed E-state index contributed by atoms with van der Waals surface area (Å²) in [5, 5.41) is 3.17. The van der Waals surface area contributed by atoms with Crippen LogP contribution in [0.25, 0.3) is 0 Å². The number of likely N-dealkylation sites (tertiary alicyclic amines) is 1. The highest BCUT2D eigenvalue weighted by Gasteiger charge is 2.39. The molecule has 3 fully saturated rings. The van der Waals surface area contributed by atoms with E-state index in [1.807, 2.05) is 0 Å². The number of sulfone groups is 1. The first-order valence-corrected chi connectivity index (χ1v) is 11.5. The molecule has 3 aliphatic rings. The Morgan fingerprint density at radius 1 is 1.04 bits per heavy atom. The minimum Gasteiger partial charge on any atom is -0.354 e. The van der Waals surface area contributed by atoms with Gasteiger partial charge in [0.25, 0.3) is 0 Å². The van der Waals surface area contributed by atoms with Crippen LogP contribution in [0.2, 0.25) is 0 Å². The molecule has 0 aromatic rings. The van der Waals surface area contributed by atoms with Crippen molar-refractivity contribution in [3.05, 3.63) is 0 Å². The summed E-state index contributed by atoms with van der Waals surface area (Å²) >= 11 is 0. The van der Waals surface area contributed by atoms with Gasteiger partial charge in [-0.05, 0) is 51.1 Å². The van der Waals surface area contributed by atoms with Crippen LogP contribution in [-0.2, 0) is 14.6 Å². The molecule has 138 valence electrons. The molecule has 2 saturated heterocycles. The highest BCUT2D eigenvalue weighted by atomic mass is 32.2. The number of hydrogen-bond donors (Lipinski definition) is 1. The molecule has 1 amide bonds. The van der Waals surface area contributed by atoms with E-state index in [9.17, 15) is 13.2 Å². The molecule has 1 saturated carbocycles. The van der Waals surface area contributed by atoms with Crippen LogP contribution >= 0.6 is 0 Å². The van der Waals surface area contributed by atoms with Crippen molar-refractivity contribution in [1.29, 1.82) is 0 Å².